The Labute approximate surface area is 41.5 Å². The Morgan fingerprint density at radius 2 is 2.57 bits per heavy atom. The number of hydrogen-bond donors (Lipinski definition) is 3. The summed E-state index contributed by atoms with van der Waals surface area (Å²) < 4.78 is 0. The van der Waals surface area contributed by atoms with Gasteiger partial charge in [-0.05, 0) is 0 Å². The highest BCUT2D eigenvalue weighted by molar-refractivity contribution is 4.02. The average Bonchev–Trinajstić information content (AvgIpc) is 1.61. The van der Waals surface area contributed by atoms with E-state index >= 15 is 0 Å². The summed E-state index contributed by atoms with van der Waals surface area (Å²) in [7, 11) is 1.42. The van der Waals surface area contributed by atoms with E-state index in [2.05, 4.69) is 10.3 Å². The summed E-state index contributed by atoms with van der Waals surface area (Å²) >= 11 is 0. The van der Waals surface area contributed by atoms with Crippen molar-refractivity contribution < 1.29 is 10.0 Å². The molecule has 0 aromatic heterocycles. The van der Waals surface area contributed by atoms with Crippen LogP contribution >= 0.6 is 0 Å². The average molecular weight is 107 g/mol. The van der Waals surface area contributed by atoms with Crippen molar-refractivity contribution in [1.29, 1.82) is 0 Å². The molecule has 0 spiro atoms. The zero-order chi connectivity index (χ0) is 5.70. The summed E-state index contributed by atoms with van der Waals surface area (Å²) in [6, 6.07) is 0. The van der Waals surface area contributed by atoms with Crippen LogP contribution in [0.4, 0.5) is 0 Å². The normalized spacial score (nSPS) is 14.1. The van der Waals surface area contributed by atoms with Crippen LogP contribution in [0, 0.1) is 5.21 Å². The molecule has 0 aliphatic heterocycles. The van der Waals surface area contributed by atoms with Crippen molar-refractivity contribution in [3.05, 3.63) is 5.21 Å². The van der Waals surface area contributed by atoms with Crippen molar-refractivity contribution in [2.45, 2.75) is 0 Å². The predicted molar refractivity (Wildman–Crippen MR) is 23.5 cm³/mol. The third-order valence-corrected chi connectivity index (χ3v) is 0.391. The molecule has 44 valence electrons. The fourth-order valence-corrected chi connectivity index (χ4v) is 0.143. The molecule has 0 bridgehead atoms. The summed E-state index contributed by atoms with van der Waals surface area (Å²) in [6.07, 6.45) is 0. The van der Waals surface area contributed by atoms with Gasteiger partial charge in [-0.1, -0.05) is 0 Å². The van der Waals surface area contributed by atoms with E-state index in [4.69, 9.17) is 5.84 Å². The Balaban J connectivity index is 2.68. The third-order valence-electron chi connectivity index (χ3n) is 0.391. The second kappa shape index (κ2) is 3.97. The molecular weight excluding hydrogens is 98.0 g/mol. The molecule has 5 nitrogen and oxygen atoms in total. The van der Waals surface area contributed by atoms with Crippen molar-refractivity contribution >= 4 is 0 Å². The minimum atomic E-state index is -0.429. The van der Waals surface area contributed by atoms with Gasteiger partial charge in [-0.3, -0.25) is 5.17 Å². The van der Waals surface area contributed by atoms with Crippen LogP contribution in [0.2, 0.25) is 0 Å². The Morgan fingerprint density at radius 1 is 2.00 bits per heavy atom. The van der Waals surface area contributed by atoms with Gasteiger partial charge in [-0.2, -0.15) is 5.84 Å². The van der Waals surface area contributed by atoms with Crippen molar-refractivity contribution in [3.8, 4) is 0 Å². The number of hydroxylamine groups is 2. The van der Waals surface area contributed by atoms with Gasteiger partial charge in [0.05, 0.1) is 7.11 Å². The molecule has 4 N–H and O–H groups in total. The van der Waals surface area contributed by atoms with Crippen LogP contribution in [0.5, 0.6) is 0 Å². The zero-order valence-electron chi connectivity index (χ0n) is 4.10. The number of nitrogens with one attached hydrogen (secondary N) is 2. The molecule has 7 heavy (non-hydrogen) atoms. The molecule has 0 aromatic carbocycles. The molecule has 0 fully saturated rings. The molecule has 5 heteroatoms. The first kappa shape index (κ1) is 6.80. The molecule has 0 saturated carbocycles. The Hall–Kier alpha value is -0.200. The van der Waals surface area contributed by atoms with Crippen molar-refractivity contribution in [2.24, 2.45) is 5.84 Å². The van der Waals surface area contributed by atoms with Crippen LogP contribution in [0.25, 0.3) is 0 Å². The predicted octanol–water partition coefficient (Wildman–Crippen LogP) is -2.65. The first-order valence-corrected chi connectivity index (χ1v) is 1.81. The molecule has 0 radical (unpaired) electrons. The van der Waals surface area contributed by atoms with Crippen molar-refractivity contribution in [3.63, 3.8) is 0 Å². The fraction of sp³-hybridized carbons (Fsp3) is 1.00. The van der Waals surface area contributed by atoms with Crippen LogP contribution in [0.15, 0.2) is 0 Å². The number of rotatable bonds is 3. The summed E-state index contributed by atoms with van der Waals surface area (Å²) in [4.78, 5) is 4.30. The minimum Gasteiger partial charge on any atom is -0.612 e. The third kappa shape index (κ3) is 5.80. The van der Waals surface area contributed by atoms with Crippen molar-refractivity contribution in [2.75, 3.05) is 13.8 Å². The van der Waals surface area contributed by atoms with Crippen LogP contribution in [-0.4, -0.2) is 13.8 Å². The Bertz CT molecular complexity index is 39.9. The molecular formula is C2H9N3O2. The van der Waals surface area contributed by atoms with Gasteiger partial charge < -0.3 is 10.0 Å². The van der Waals surface area contributed by atoms with Gasteiger partial charge >= 0.3 is 0 Å². The highest BCUT2D eigenvalue weighted by atomic mass is 16.6. The van der Waals surface area contributed by atoms with E-state index in [-0.39, 0.29) is 6.67 Å². The first-order valence-electron chi connectivity index (χ1n) is 1.81. The molecule has 0 aromatic rings. The molecule has 0 aliphatic carbocycles. The van der Waals surface area contributed by atoms with E-state index < -0.39 is 5.17 Å². The van der Waals surface area contributed by atoms with Gasteiger partial charge in [0.1, 0.15) is 0 Å². The largest absolute Gasteiger partial charge is 0.612 e. The van der Waals surface area contributed by atoms with Crippen LogP contribution in [-0.2, 0) is 4.84 Å². The fourth-order valence-electron chi connectivity index (χ4n) is 0.143. The van der Waals surface area contributed by atoms with Gasteiger partial charge in [-0.25, -0.2) is 0 Å². The van der Waals surface area contributed by atoms with Gasteiger partial charge in [0.2, 0.25) is 0 Å². The van der Waals surface area contributed by atoms with Crippen LogP contribution in [0.1, 0.15) is 0 Å². The van der Waals surface area contributed by atoms with E-state index in [9.17, 15) is 5.21 Å². The van der Waals surface area contributed by atoms with Gasteiger partial charge in [0.15, 0.2) is 6.67 Å². The summed E-state index contributed by atoms with van der Waals surface area (Å²) in [5, 5.41) is 9.41. The quantitative estimate of drug-likeness (QED) is 0.209. The standard InChI is InChI=1S/C2H9N3O2/c1-7-4-2-5(3)6/h4-5H,2-3H2,1H3. The van der Waals surface area contributed by atoms with E-state index in [1.165, 1.54) is 7.11 Å². The van der Waals surface area contributed by atoms with E-state index in [1.807, 2.05) is 0 Å². The summed E-state index contributed by atoms with van der Waals surface area (Å²) in [5.74, 6) is 4.70. The Kier molecular flexibility index (Phi) is 3.86. The van der Waals surface area contributed by atoms with Gasteiger partial charge in [0.25, 0.3) is 0 Å². The number of hydrogen-bond acceptors (Lipinski definition) is 4. The first-order chi connectivity index (χ1) is 3.27. The summed E-state index contributed by atoms with van der Waals surface area (Å²) in [5.41, 5.74) is 2.27. The van der Waals surface area contributed by atoms with Crippen molar-refractivity contribution in [1.82, 2.24) is 5.48 Å². The maximum Gasteiger partial charge on any atom is 0.170 e. The van der Waals surface area contributed by atoms with Gasteiger partial charge in [-0.15, -0.1) is 5.48 Å². The van der Waals surface area contributed by atoms with Gasteiger partial charge in [0, 0.05) is 0 Å². The smallest absolute Gasteiger partial charge is 0.170 e. The molecule has 0 rings (SSSR count). The SMILES string of the molecule is CONC[NH+](N)[O-]. The minimum absolute atomic E-state index is 0.0660. The second-order valence-corrected chi connectivity index (χ2v) is 0.992. The molecule has 0 aliphatic rings. The lowest BCUT2D eigenvalue weighted by Crippen LogP contribution is -3.14. The second-order valence-electron chi connectivity index (χ2n) is 0.992. The number of nitrogens with two attached hydrogens (primary N) is 1. The van der Waals surface area contributed by atoms with E-state index in [1.54, 1.807) is 0 Å². The lowest BCUT2D eigenvalue weighted by Gasteiger charge is -2.13. The Morgan fingerprint density at radius 3 is 2.71 bits per heavy atom. The lowest BCUT2D eigenvalue weighted by atomic mass is 11.2. The zero-order valence-corrected chi connectivity index (χ0v) is 4.10. The van der Waals surface area contributed by atoms with Crippen LogP contribution in [0.3, 0.4) is 0 Å². The topological polar surface area (TPSA) is 74.8 Å². The lowest BCUT2D eigenvalue weighted by molar-refractivity contribution is -0.867. The summed E-state index contributed by atoms with van der Waals surface area (Å²) in [6.45, 7) is 0.0660. The van der Waals surface area contributed by atoms with E-state index in [0.717, 1.165) is 0 Å². The maximum absolute atomic E-state index is 9.84. The molecule has 0 saturated heterocycles. The van der Waals surface area contributed by atoms with E-state index in [0.29, 0.717) is 0 Å². The van der Waals surface area contributed by atoms with Crippen LogP contribution < -0.4 is 16.5 Å². The number of quaternary nitrogens is 1. The molecule has 1 atom stereocenters. The molecule has 0 heterocycles. The highest BCUT2D eigenvalue weighted by Gasteiger charge is 1.80. The monoisotopic (exact) mass is 107 g/mol. The molecule has 1 unspecified atom stereocenters. The molecule has 0 amide bonds. The highest BCUT2D eigenvalue weighted by Crippen LogP contribution is 1.39. The maximum atomic E-state index is 9.84.